The van der Waals surface area contributed by atoms with Crippen molar-refractivity contribution < 1.29 is 0 Å². The molecule has 0 heterocycles. The van der Waals surface area contributed by atoms with Crippen LogP contribution < -0.4 is 5.73 Å². The maximum Gasteiger partial charge on any atom is 0.130 e. The van der Waals surface area contributed by atoms with E-state index in [0.717, 1.165) is 23.0 Å². The SMILES string of the molecule is CCC(C)CSCCC(N)(C#N)c1ccccc1. The van der Waals surface area contributed by atoms with E-state index in [2.05, 4.69) is 19.9 Å². The Bertz CT molecular complexity index is 385. The first-order valence-electron chi connectivity index (χ1n) is 6.45. The van der Waals surface area contributed by atoms with Crippen molar-refractivity contribution in [2.45, 2.75) is 32.2 Å². The molecule has 2 atom stereocenters. The van der Waals surface area contributed by atoms with Gasteiger partial charge in [0.1, 0.15) is 5.54 Å². The molecule has 18 heavy (non-hydrogen) atoms. The van der Waals surface area contributed by atoms with Crippen LogP contribution in [0.15, 0.2) is 30.3 Å². The summed E-state index contributed by atoms with van der Waals surface area (Å²) in [5, 5.41) is 9.31. The van der Waals surface area contributed by atoms with Crippen molar-refractivity contribution >= 4 is 11.8 Å². The second kappa shape index (κ2) is 7.45. The van der Waals surface area contributed by atoms with E-state index in [1.54, 1.807) is 0 Å². The first kappa shape index (κ1) is 15.1. The smallest absolute Gasteiger partial charge is 0.130 e. The van der Waals surface area contributed by atoms with Crippen molar-refractivity contribution in [1.82, 2.24) is 0 Å². The zero-order valence-corrected chi connectivity index (χ0v) is 12.0. The Hall–Kier alpha value is -0.980. The Balaban J connectivity index is 2.50. The van der Waals surface area contributed by atoms with Crippen molar-refractivity contribution in [2.75, 3.05) is 11.5 Å². The van der Waals surface area contributed by atoms with Gasteiger partial charge in [0.15, 0.2) is 0 Å². The molecule has 0 aromatic heterocycles. The largest absolute Gasteiger partial charge is 0.310 e. The summed E-state index contributed by atoms with van der Waals surface area (Å²) in [5.74, 6) is 2.82. The maximum atomic E-state index is 9.31. The van der Waals surface area contributed by atoms with E-state index in [1.165, 1.54) is 6.42 Å². The lowest BCUT2D eigenvalue weighted by Crippen LogP contribution is -2.35. The van der Waals surface area contributed by atoms with Crippen LogP contribution in [0.2, 0.25) is 0 Å². The number of nitriles is 1. The van der Waals surface area contributed by atoms with Gasteiger partial charge < -0.3 is 5.73 Å². The Morgan fingerprint density at radius 1 is 1.39 bits per heavy atom. The molecule has 0 saturated carbocycles. The van der Waals surface area contributed by atoms with Gasteiger partial charge >= 0.3 is 0 Å². The Morgan fingerprint density at radius 3 is 2.61 bits per heavy atom. The molecule has 1 aromatic rings. The molecule has 0 saturated heterocycles. The van der Waals surface area contributed by atoms with Crippen LogP contribution in [0.3, 0.4) is 0 Å². The van der Waals surface area contributed by atoms with Gasteiger partial charge in [0.05, 0.1) is 6.07 Å². The first-order chi connectivity index (χ1) is 8.62. The van der Waals surface area contributed by atoms with E-state index < -0.39 is 5.54 Å². The Labute approximate surface area is 115 Å². The van der Waals surface area contributed by atoms with Crippen molar-refractivity contribution in [2.24, 2.45) is 11.7 Å². The molecule has 0 radical (unpaired) electrons. The summed E-state index contributed by atoms with van der Waals surface area (Å²) >= 11 is 1.89. The Morgan fingerprint density at radius 2 is 2.06 bits per heavy atom. The molecule has 0 aliphatic heterocycles. The molecule has 98 valence electrons. The van der Waals surface area contributed by atoms with Crippen LogP contribution in [0, 0.1) is 17.2 Å². The third kappa shape index (κ3) is 4.36. The van der Waals surface area contributed by atoms with Gasteiger partial charge in [-0.05, 0) is 29.4 Å². The summed E-state index contributed by atoms with van der Waals surface area (Å²) in [4.78, 5) is 0. The standard InChI is InChI=1S/C15H22N2S/c1-3-13(2)11-18-10-9-15(17,12-16)14-7-5-4-6-8-14/h4-8,13H,3,9-11,17H2,1-2H3. The van der Waals surface area contributed by atoms with Gasteiger partial charge in [-0.2, -0.15) is 17.0 Å². The van der Waals surface area contributed by atoms with E-state index in [4.69, 9.17) is 5.73 Å². The minimum atomic E-state index is -0.844. The summed E-state index contributed by atoms with van der Waals surface area (Å²) in [5.41, 5.74) is 6.26. The predicted molar refractivity (Wildman–Crippen MR) is 79.3 cm³/mol. The highest BCUT2D eigenvalue weighted by Gasteiger charge is 2.26. The lowest BCUT2D eigenvalue weighted by molar-refractivity contribution is 0.559. The number of nitrogens with zero attached hydrogens (tertiary/aromatic N) is 1. The van der Waals surface area contributed by atoms with E-state index in [9.17, 15) is 5.26 Å². The third-order valence-corrected chi connectivity index (χ3v) is 4.53. The summed E-state index contributed by atoms with van der Waals surface area (Å²) in [6.45, 7) is 4.46. The topological polar surface area (TPSA) is 49.8 Å². The normalized spacial score (nSPS) is 15.7. The Kier molecular flexibility index (Phi) is 6.24. The second-order valence-corrected chi connectivity index (χ2v) is 5.94. The molecule has 2 nitrogen and oxygen atoms in total. The second-order valence-electron chi connectivity index (χ2n) is 4.79. The van der Waals surface area contributed by atoms with E-state index >= 15 is 0 Å². The molecule has 3 heteroatoms. The first-order valence-corrected chi connectivity index (χ1v) is 7.61. The number of thioether (sulfide) groups is 1. The van der Waals surface area contributed by atoms with Crippen molar-refractivity contribution in [3.05, 3.63) is 35.9 Å². The van der Waals surface area contributed by atoms with Crippen LogP contribution in [0.1, 0.15) is 32.3 Å². The molecule has 2 N–H and O–H groups in total. The van der Waals surface area contributed by atoms with Gasteiger partial charge in [-0.1, -0.05) is 50.6 Å². The summed E-state index contributed by atoms with van der Waals surface area (Å²) in [7, 11) is 0. The quantitative estimate of drug-likeness (QED) is 0.765. The molecular weight excluding hydrogens is 240 g/mol. The molecule has 0 bridgehead atoms. The van der Waals surface area contributed by atoms with Gasteiger partial charge in [0, 0.05) is 0 Å². The fourth-order valence-corrected chi connectivity index (χ4v) is 2.91. The molecular formula is C15H22N2S. The van der Waals surface area contributed by atoms with Gasteiger partial charge in [-0.15, -0.1) is 0 Å². The van der Waals surface area contributed by atoms with E-state index in [1.807, 2.05) is 42.1 Å². The highest BCUT2D eigenvalue weighted by molar-refractivity contribution is 7.99. The minimum absolute atomic E-state index is 0.703. The lowest BCUT2D eigenvalue weighted by atomic mass is 9.90. The van der Waals surface area contributed by atoms with Crippen molar-refractivity contribution in [1.29, 1.82) is 5.26 Å². The summed E-state index contributed by atoms with van der Waals surface area (Å²) in [6, 6.07) is 11.9. The monoisotopic (exact) mass is 262 g/mol. The fourth-order valence-electron chi connectivity index (χ4n) is 1.64. The fraction of sp³-hybridized carbons (Fsp3) is 0.533. The minimum Gasteiger partial charge on any atom is -0.310 e. The van der Waals surface area contributed by atoms with Crippen LogP contribution in [-0.4, -0.2) is 11.5 Å². The molecule has 1 rings (SSSR count). The zero-order chi connectivity index (χ0) is 13.4. The van der Waals surface area contributed by atoms with Gasteiger partial charge in [-0.25, -0.2) is 0 Å². The van der Waals surface area contributed by atoms with Crippen LogP contribution >= 0.6 is 11.8 Å². The number of nitrogens with two attached hydrogens (primary N) is 1. The zero-order valence-electron chi connectivity index (χ0n) is 11.2. The van der Waals surface area contributed by atoms with Crippen LogP contribution in [0.4, 0.5) is 0 Å². The highest BCUT2D eigenvalue weighted by Crippen LogP contribution is 2.24. The van der Waals surface area contributed by atoms with Crippen LogP contribution in [0.25, 0.3) is 0 Å². The average Bonchev–Trinajstić information content (AvgIpc) is 2.44. The third-order valence-electron chi connectivity index (χ3n) is 3.23. The lowest BCUT2D eigenvalue weighted by Gasteiger charge is -2.22. The maximum absolute atomic E-state index is 9.31. The summed E-state index contributed by atoms with van der Waals surface area (Å²) < 4.78 is 0. The van der Waals surface area contributed by atoms with Crippen LogP contribution in [0.5, 0.6) is 0 Å². The number of rotatable bonds is 7. The molecule has 0 spiro atoms. The summed E-state index contributed by atoms with van der Waals surface area (Å²) in [6.07, 6.45) is 1.91. The molecule has 2 unspecified atom stereocenters. The molecule has 0 aliphatic rings. The van der Waals surface area contributed by atoms with Crippen molar-refractivity contribution in [3.63, 3.8) is 0 Å². The van der Waals surface area contributed by atoms with Gasteiger partial charge in [0.2, 0.25) is 0 Å². The predicted octanol–water partition coefficient (Wildman–Crippen LogP) is 3.53. The average molecular weight is 262 g/mol. The van der Waals surface area contributed by atoms with Gasteiger partial charge in [0.25, 0.3) is 0 Å². The number of hydrogen-bond acceptors (Lipinski definition) is 3. The number of benzene rings is 1. The number of hydrogen-bond donors (Lipinski definition) is 1. The van der Waals surface area contributed by atoms with E-state index in [0.29, 0.717) is 6.42 Å². The molecule has 1 aromatic carbocycles. The van der Waals surface area contributed by atoms with E-state index in [-0.39, 0.29) is 0 Å². The van der Waals surface area contributed by atoms with Crippen molar-refractivity contribution in [3.8, 4) is 6.07 Å². The van der Waals surface area contributed by atoms with Crippen LogP contribution in [-0.2, 0) is 5.54 Å². The molecule has 0 fully saturated rings. The van der Waals surface area contributed by atoms with Gasteiger partial charge in [-0.3, -0.25) is 0 Å². The molecule has 0 amide bonds. The molecule has 0 aliphatic carbocycles. The highest BCUT2D eigenvalue weighted by atomic mass is 32.2.